The molecule has 0 radical (unpaired) electrons. The van der Waals surface area contributed by atoms with Gasteiger partial charge in [-0.1, -0.05) is 13.8 Å². The predicted molar refractivity (Wildman–Crippen MR) is 46.5 cm³/mol. The molecule has 0 saturated carbocycles. The third-order valence-electron chi connectivity index (χ3n) is 2.92. The van der Waals surface area contributed by atoms with E-state index in [2.05, 4.69) is 19.2 Å². The van der Waals surface area contributed by atoms with Crippen molar-refractivity contribution in [3.8, 4) is 0 Å². The van der Waals surface area contributed by atoms with E-state index in [0.717, 1.165) is 25.4 Å². The summed E-state index contributed by atoms with van der Waals surface area (Å²) in [4.78, 5) is 0. The van der Waals surface area contributed by atoms with Gasteiger partial charge in [0.05, 0.1) is 0 Å². The first-order valence-electron chi connectivity index (χ1n) is 4.48. The lowest BCUT2D eigenvalue weighted by molar-refractivity contribution is 0.155. The van der Waals surface area contributed by atoms with Gasteiger partial charge in [-0.05, 0) is 37.3 Å². The van der Waals surface area contributed by atoms with E-state index in [1.807, 2.05) is 0 Å². The van der Waals surface area contributed by atoms with Gasteiger partial charge in [-0.15, -0.1) is 0 Å². The van der Waals surface area contributed by atoms with Crippen LogP contribution in [0, 0.1) is 11.3 Å². The minimum atomic E-state index is 0.318. The number of hydrogen-bond acceptors (Lipinski definition) is 2. The average molecular weight is 157 g/mol. The van der Waals surface area contributed by atoms with E-state index in [0.29, 0.717) is 12.0 Å². The normalized spacial score (nSPS) is 25.9. The van der Waals surface area contributed by atoms with Crippen LogP contribution in [-0.2, 0) is 0 Å². The summed E-state index contributed by atoms with van der Waals surface area (Å²) in [7, 11) is 0. The van der Waals surface area contributed by atoms with Crippen molar-refractivity contribution in [2.45, 2.75) is 26.7 Å². The van der Waals surface area contributed by atoms with Gasteiger partial charge in [0.2, 0.25) is 0 Å². The lowest BCUT2D eigenvalue weighted by Gasteiger charge is -2.30. The number of rotatable bonds is 3. The molecule has 1 atom stereocenters. The van der Waals surface area contributed by atoms with Crippen molar-refractivity contribution in [1.82, 2.24) is 5.32 Å². The minimum absolute atomic E-state index is 0.318. The molecule has 1 rings (SSSR count). The highest BCUT2D eigenvalue weighted by molar-refractivity contribution is 4.84. The summed E-state index contributed by atoms with van der Waals surface area (Å²) in [5.41, 5.74) is 0.318. The maximum atomic E-state index is 8.84. The fourth-order valence-corrected chi connectivity index (χ4v) is 1.81. The zero-order chi connectivity index (χ0) is 8.32. The highest BCUT2D eigenvalue weighted by Gasteiger charge is 2.30. The van der Waals surface area contributed by atoms with Crippen LogP contribution in [0.25, 0.3) is 0 Å². The second kappa shape index (κ2) is 3.55. The number of nitrogens with one attached hydrogen (secondary N) is 1. The second-order valence-electron chi connectivity index (χ2n) is 4.15. The molecule has 0 aromatic rings. The summed E-state index contributed by atoms with van der Waals surface area (Å²) in [5.74, 6) is 0.759. The molecule has 1 aliphatic heterocycles. The fraction of sp³-hybridized carbons (Fsp3) is 1.00. The summed E-state index contributed by atoms with van der Waals surface area (Å²) in [6.45, 7) is 7.11. The van der Waals surface area contributed by atoms with Crippen LogP contribution in [0.5, 0.6) is 0 Å². The molecule has 1 saturated heterocycles. The summed E-state index contributed by atoms with van der Waals surface area (Å²) in [5, 5.41) is 12.2. The first-order chi connectivity index (χ1) is 5.17. The third-order valence-corrected chi connectivity index (χ3v) is 2.92. The minimum Gasteiger partial charge on any atom is -0.396 e. The Morgan fingerprint density at radius 1 is 1.55 bits per heavy atom. The maximum absolute atomic E-state index is 8.84. The zero-order valence-corrected chi connectivity index (χ0v) is 7.56. The molecular formula is C9H19NO. The smallest absolute Gasteiger partial charge is 0.0436 e. The van der Waals surface area contributed by atoms with E-state index < -0.39 is 0 Å². The largest absolute Gasteiger partial charge is 0.396 e. The Morgan fingerprint density at radius 3 is 2.73 bits per heavy atom. The van der Waals surface area contributed by atoms with Gasteiger partial charge in [-0.3, -0.25) is 0 Å². The quantitative estimate of drug-likeness (QED) is 0.640. The molecule has 66 valence electrons. The molecule has 0 aromatic heterocycles. The molecule has 2 N–H and O–H groups in total. The molecule has 1 fully saturated rings. The van der Waals surface area contributed by atoms with Crippen molar-refractivity contribution in [2.24, 2.45) is 11.3 Å². The van der Waals surface area contributed by atoms with Crippen molar-refractivity contribution in [3.05, 3.63) is 0 Å². The predicted octanol–water partition coefficient (Wildman–Crippen LogP) is 1.00. The number of aliphatic hydroxyl groups excluding tert-OH is 1. The molecule has 1 heterocycles. The van der Waals surface area contributed by atoms with Crippen LogP contribution >= 0.6 is 0 Å². The second-order valence-corrected chi connectivity index (χ2v) is 4.15. The third kappa shape index (κ3) is 2.17. The summed E-state index contributed by atoms with van der Waals surface area (Å²) in [6, 6.07) is 0. The van der Waals surface area contributed by atoms with Crippen molar-refractivity contribution in [1.29, 1.82) is 0 Å². The van der Waals surface area contributed by atoms with Crippen LogP contribution in [-0.4, -0.2) is 24.8 Å². The molecule has 0 spiro atoms. The van der Waals surface area contributed by atoms with Crippen LogP contribution in [0.1, 0.15) is 26.7 Å². The van der Waals surface area contributed by atoms with E-state index in [-0.39, 0.29) is 0 Å². The molecule has 0 amide bonds. The zero-order valence-electron chi connectivity index (χ0n) is 7.56. The van der Waals surface area contributed by atoms with Crippen LogP contribution in [0.3, 0.4) is 0 Å². The first kappa shape index (κ1) is 9.01. The molecule has 2 nitrogen and oxygen atoms in total. The SMILES string of the molecule is CC(C)(CCO)C1CCNC1. The van der Waals surface area contributed by atoms with Crippen molar-refractivity contribution >= 4 is 0 Å². The highest BCUT2D eigenvalue weighted by atomic mass is 16.3. The van der Waals surface area contributed by atoms with Gasteiger partial charge in [-0.25, -0.2) is 0 Å². The highest BCUT2D eigenvalue weighted by Crippen LogP contribution is 2.33. The van der Waals surface area contributed by atoms with E-state index in [9.17, 15) is 0 Å². The monoisotopic (exact) mass is 157 g/mol. The van der Waals surface area contributed by atoms with Gasteiger partial charge >= 0.3 is 0 Å². The van der Waals surface area contributed by atoms with Crippen LogP contribution < -0.4 is 5.32 Å². The Hall–Kier alpha value is -0.0800. The Bertz CT molecular complexity index is 117. The lowest BCUT2D eigenvalue weighted by Crippen LogP contribution is -2.27. The standard InChI is InChI=1S/C9H19NO/c1-9(2,4-6-11)8-3-5-10-7-8/h8,10-11H,3-7H2,1-2H3. The number of aliphatic hydroxyl groups is 1. The van der Waals surface area contributed by atoms with E-state index in [4.69, 9.17) is 5.11 Å². The van der Waals surface area contributed by atoms with Gasteiger partial charge in [0.15, 0.2) is 0 Å². The summed E-state index contributed by atoms with van der Waals surface area (Å²) >= 11 is 0. The van der Waals surface area contributed by atoms with Crippen LogP contribution in [0.15, 0.2) is 0 Å². The Balaban J connectivity index is 2.41. The topological polar surface area (TPSA) is 32.3 Å². The van der Waals surface area contributed by atoms with E-state index in [1.54, 1.807) is 0 Å². The average Bonchev–Trinajstić information content (AvgIpc) is 2.37. The van der Waals surface area contributed by atoms with Crippen molar-refractivity contribution < 1.29 is 5.11 Å². The molecule has 11 heavy (non-hydrogen) atoms. The molecular weight excluding hydrogens is 138 g/mol. The van der Waals surface area contributed by atoms with E-state index >= 15 is 0 Å². The molecule has 1 aliphatic rings. The van der Waals surface area contributed by atoms with Gasteiger partial charge in [0.25, 0.3) is 0 Å². The Labute approximate surface area is 69.0 Å². The van der Waals surface area contributed by atoms with Crippen molar-refractivity contribution in [2.75, 3.05) is 19.7 Å². The van der Waals surface area contributed by atoms with Gasteiger partial charge in [0.1, 0.15) is 0 Å². The number of hydrogen-bond donors (Lipinski definition) is 2. The van der Waals surface area contributed by atoms with Crippen LogP contribution in [0.2, 0.25) is 0 Å². The molecule has 0 aliphatic carbocycles. The molecule has 0 aromatic carbocycles. The maximum Gasteiger partial charge on any atom is 0.0436 e. The van der Waals surface area contributed by atoms with Crippen LogP contribution in [0.4, 0.5) is 0 Å². The van der Waals surface area contributed by atoms with Gasteiger partial charge in [0, 0.05) is 6.61 Å². The molecule has 1 unspecified atom stereocenters. The Kier molecular flexibility index (Phi) is 2.90. The van der Waals surface area contributed by atoms with Crippen molar-refractivity contribution in [3.63, 3.8) is 0 Å². The molecule has 0 bridgehead atoms. The summed E-state index contributed by atoms with van der Waals surface area (Å²) in [6.07, 6.45) is 2.20. The van der Waals surface area contributed by atoms with E-state index in [1.165, 1.54) is 6.42 Å². The van der Waals surface area contributed by atoms with Gasteiger partial charge in [-0.2, -0.15) is 0 Å². The fourth-order valence-electron chi connectivity index (χ4n) is 1.81. The first-order valence-corrected chi connectivity index (χ1v) is 4.48. The lowest BCUT2D eigenvalue weighted by atomic mass is 9.76. The summed E-state index contributed by atoms with van der Waals surface area (Å²) < 4.78 is 0. The van der Waals surface area contributed by atoms with Gasteiger partial charge < -0.3 is 10.4 Å². The Morgan fingerprint density at radius 2 is 2.27 bits per heavy atom. The molecule has 2 heteroatoms.